The number of amides is 1. The first-order valence-electron chi connectivity index (χ1n) is 8.29. The van der Waals surface area contributed by atoms with E-state index < -0.39 is 0 Å². The van der Waals surface area contributed by atoms with E-state index in [1.165, 1.54) is 12.1 Å². The highest BCUT2D eigenvalue weighted by molar-refractivity contribution is 6.06. The fourth-order valence-electron chi connectivity index (χ4n) is 3.13. The van der Waals surface area contributed by atoms with Crippen LogP contribution in [0.2, 0.25) is 0 Å². The van der Waals surface area contributed by atoms with E-state index in [-0.39, 0.29) is 11.7 Å². The molecule has 3 heterocycles. The van der Waals surface area contributed by atoms with Crippen LogP contribution in [0.3, 0.4) is 0 Å². The smallest absolute Gasteiger partial charge is 0.258 e. The largest absolute Gasteiger partial charge is 0.350 e. The highest BCUT2D eigenvalue weighted by Gasteiger charge is 2.17. The molecule has 3 aromatic heterocycles. The number of halogens is 1. The Kier molecular flexibility index (Phi) is 3.91. The summed E-state index contributed by atoms with van der Waals surface area (Å²) >= 11 is 0. The maximum Gasteiger partial charge on any atom is 0.258 e. The van der Waals surface area contributed by atoms with E-state index in [1.807, 2.05) is 16.8 Å². The van der Waals surface area contributed by atoms with Gasteiger partial charge in [0.1, 0.15) is 5.82 Å². The minimum absolute atomic E-state index is 0.213. The van der Waals surface area contributed by atoms with E-state index in [4.69, 9.17) is 4.52 Å². The number of carbonyl (C=O) groups excluding carboxylic acids is 1. The predicted octanol–water partition coefficient (Wildman–Crippen LogP) is 3.36. The number of aryl methyl sites for hydroxylation is 2. The lowest BCUT2D eigenvalue weighted by molar-refractivity contribution is 0.0954. The summed E-state index contributed by atoms with van der Waals surface area (Å²) in [6.45, 7) is 4.52. The molecule has 0 atom stereocenters. The van der Waals surface area contributed by atoms with Crippen LogP contribution < -0.4 is 5.32 Å². The standard InChI is InChI=1S/C19H17FN4O2/c1-11-9-15(17-12(2)23-26-19(17)22-11)18(25)21-6-8-24-7-5-13-3-4-14(20)10-16(13)24/h3-5,7,9-10H,6,8H2,1-2H3,(H,21,25). The van der Waals surface area contributed by atoms with Crippen molar-refractivity contribution >= 4 is 27.9 Å². The van der Waals surface area contributed by atoms with Crippen molar-refractivity contribution in [1.82, 2.24) is 20.0 Å². The molecule has 4 aromatic rings. The third-order valence-electron chi connectivity index (χ3n) is 4.36. The van der Waals surface area contributed by atoms with Crippen LogP contribution >= 0.6 is 0 Å². The lowest BCUT2D eigenvalue weighted by atomic mass is 10.1. The number of nitrogens with zero attached hydrogens (tertiary/aromatic N) is 3. The van der Waals surface area contributed by atoms with Crippen LogP contribution in [-0.2, 0) is 6.54 Å². The van der Waals surface area contributed by atoms with Crippen LogP contribution in [-0.4, -0.2) is 27.2 Å². The highest BCUT2D eigenvalue weighted by Crippen LogP contribution is 2.22. The summed E-state index contributed by atoms with van der Waals surface area (Å²) in [5, 5.41) is 8.38. The van der Waals surface area contributed by atoms with Gasteiger partial charge in [-0.15, -0.1) is 0 Å². The molecule has 0 unspecified atom stereocenters. The molecule has 132 valence electrons. The van der Waals surface area contributed by atoms with Gasteiger partial charge in [-0.1, -0.05) is 5.16 Å². The number of pyridine rings is 1. The molecule has 1 aromatic carbocycles. The van der Waals surface area contributed by atoms with Crippen molar-refractivity contribution < 1.29 is 13.7 Å². The lowest BCUT2D eigenvalue weighted by Gasteiger charge is -2.09. The van der Waals surface area contributed by atoms with Gasteiger partial charge in [-0.3, -0.25) is 4.79 Å². The van der Waals surface area contributed by atoms with Gasteiger partial charge in [0.25, 0.3) is 11.6 Å². The number of aromatic nitrogens is 3. The van der Waals surface area contributed by atoms with Crippen molar-refractivity contribution in [2.75, 3.05) is 6.54 Å². The van der Waals surface area contributed by atoms with E-state index >= 15 is 0 Å². The van der Waals surface area contributed by atoms with E-state index in [2.05, 4.69) is 15.5 Å². The van der Waals surface area contributed by atoms with Gasteiger partial charge in [0.05, 0.1) is 22.2 Å². The van der Waals surface area contributed by atoms with Crippen molar-refractivity contribution in [2.24, 2.45) is 0 Å². The van der Waals surface area contributed by atoms with Gasteiger partial charge < -0.3 is 14.4 Å². The van der Waals surface area contributed by atoms with Crippen LogP contribution in [0.4, 0.5) is 4.39 Å². The summed E-state index contributed by atoms with van der Waals surface area (Å²) < 4.78 is 20.5. The van der Waals surface area contributed by atoms with Gasteiger partial charge in [0, 0.05) is 25.0 Å². The molecule has 0 aliphatic rings. The average Bonchev–Trinajstić information content (AvgIpc) is 3.18. The maximum atomic E-state index is 13.5. The quantitative estimate of drug-likeness (QED) is 0.611. The Labute approximate surface area is 148 Å². The highest BCUT2D eigenvalue weighted by atomic mass is 19.1. The molecule has 0 spiro atoms. The molecule has 0 saturated carbocycles. The molecule has 1 N–H and O–H groups in total. The zero-order chi connectivity index (χ0) is 18.3. The first-order chi connectivity index (χ1) is 12.5. The Bertz CT molecular complexity index is 1130. The van der Waals surface area contributed by atoms with Crippen molar-refractivity contribution in [3.63, 3.8) is 0 Å². The summed E-state index contributed by atoms with van der Waals surface area (Å²) in [5.74, 6) is -0.492. The number of hydrogen-bond acceptors (Lipinski definition) is 4. The third kappa shape index (κ3) is 2.81. The summed E-state index contributed by atoms with van der Waals surface area (Å²) in [5.41, 5.74) is 2.97. The van der Waals surface area contributed by atoms with Crippen LogP contribution in [0, 0.1) is 19.7 Å². The van der Waals surface area contributed by atoms with Gasteiger partial charge in [0.15, 0.2) is 0 Å². The van der Waals surface area contributed by atoms with Gasteiger partial charge in [0.2, 0.25) is 0 Å². The first kappa shape index (κ1) is 16.3. The molecule has 0 fully saturated rings. The van der Waals surface area contributed by atoms with Crippen molar-refractivity contribution in [3.05, 3.63) is 59.3 Å². The molecule has 1 amide bonds. The minimum Gasteiger partial charge on any atom is -0.350 e. The van der Waals surface area contributed by atoms with Crippen LogP contribution in [0.5, 0.6) is 0 Å². The Morgan fingerprint density at radius 2 is 2.12 bits per heavy atom. The normalized spacial score (nSPS) is 11.3. The Hall–Kier alpha value is -3.22. The topological polar surface area (TPSA) is 73.0 Å². The molecule has 26 heavy (non-hydrogen) atoms. The lowest BCUT2D eigenvalue weighted by Crippen LogP contribution is -2.27. The number of benzene rings is 1. The zero-order valence-corrected chi connectivity index (χ0v) is 14.4. The minimum atomic E-state index is -0.279. The molecule has 7 heteroatoms. The van der Waals surface area contributed by atoms with E-state index in [0.717, 1.165) is 10.9 Å². The molecule has 0 aliphatic carbocycles. The molecule has 6 nitrogen and oxygen atoms in total. The number of rotatable bonds is 4. The van der Waals surface area contributed by atoms with Gasteiger partial charge >= 0.3 is 0 Å². The SMILES string of the molecule is Cc1cc(C(=O)NCCn2ccc3ccc(F)cc32)c2c(C)noc2n1. The Morgan fingerprint density at radius 1 is 1.27 bits per heavy atom. The molecule has 4 rings (SSSR count). The van der Waals surface area contributed by atoms with Crippen LogP contribution in [0.1, 0.15) is 21.7 Å². The van der Waals surface area contributed by atoms with E-state index in [9.17, 15) is 9.18 Å². The second kappa shape index (κ2) is 6.25. The van der Waals surface area contributed by atoms with Crippen molar-refractivity contribution in [2.45, 2.75) is 20.4 Å². The molecular weight excluding hydrogens is 335 g/mol. The van der Waals surface area contributed by atoms with E-state index in [1.54, 1.807) is 26.0 Å². The summed E-state index contributed by atoms with van der Waals surface area (Å²) in [6, 6.07) is 8.32. The number of hydrogen-bond donors (Lipinski definition) is 1. The molecule has 0 aliphatic heterocycles. The number of carbonyl (C=O) groups is 1. The van der Waals surface area contributed by atoms with E-state index in [0.29, 0.717) is 41.1 Å². The second-order valence-corrected chi connectivity index (χ2v) is 6.23. The summed E-state index contributed by atoms with van der Waals surface area (Å²) in [7, 11) is 0. The zero-order valence-electron chi connectivity index (χ0n) is 14.4. The fraction of sp³-hybridized carbons (Fsp3) is 0.211. The fourth-order valence-corrected chi connectivity index (χ4v) is 3.13. The molecule has 0 bridgehead atoms. The van der Waals surface area contributed by atoms with Gasteiger partial charge in [-0.25, -0.2) is 9.37 Å². The Balaban J connectivity index is 1.52. The molecule has 0 radical (unpaired) electrons. The second-order valence-electron chi connectivity index (χ2n) is 6.23. The predicted molar refractivity (Wildman–Crippen MR) is 95.5 cm³/mol. The maximum absolute atomic E-state index is 13.5. The van der Waals surface area contributed by atoms with Gasteiger partial charge in [-0.05, 0) is 49.6 Å². The summed E-state index contributed by atoms with van der Waals surface area (Å²) in [6.07, 6.45) is 1.88. The first-order valence-corrected chi connectivity index (χ1v) is 8.29. The van der Waals surface area contributed by atoms with Crippen molar-refractivity contribution in [1.29, 1.82) is 0 Å². The molecule has 0 saturated heterocycles. The third-order valence-corrected chi connectivity index (χ3v) is 4.36. The van der Waals surface area contributed by atoms with Crippen LogP contribution in [0.15, 0.2) is 41.1 Å². The number of nitrogens with one attached hydrogen (secondary N) is 1. The monoisotopic (exact) mass is 352 g/mol. The molecular formula is C19H17FN4O2. The Morgan fingerprint density at radius 3 is 2.96 bits per heavy atom. The summed E-state index contributed by atoms with van der Waals surface area (Å²) in [4.78, 5) is 16.9. The van der Waals surface area contributed by atoms with Crippen molar-refractivity contribution in [3.8, 4) is 0 Å². The number of fused-ring (bicyclic) bond motifs is 2. The van der Waals surface area contributed by atoms with Crippen LogP contribution in [0.25, 0.3) is 22.0 Å². The van der Waals surface area contributed by atoms with Gasteiger partial charge in [-0.2, -0.15) is 0 Å². The average molecular weight is 352 g/mol.